The van der Waals surface area contributed by atoms with Gasteiger partial charge in [0.25, 0.3) is 0 Å². The number of aromatic nitrogens is 3. The van der Waals surface area contributed by atoms with Crippen LogP contribution in [0.2, 0.25) is 0 Å². The first kappa shape index (κ1) is 10.5. The Bertz CT molecular complexity index is 495. The van der Waals surface area contributed by atoms with E-state index >= 15 is 0 Å². The summed E-state index contributed by atoms with van der Waals surface area (Å²) in [5.74, 6) is 3.52. The molecular formula is C12H14N4. The van der Waals surface area contributed by atoms with Gasteiger partial charge in [-0.3, -0.25) is 0 Å². The van der Waals surface area contributed by atoms with E-state index in [2.05, 4.69) is 21.3 Å². The lowest BCUT2D eigenvalue weighted by Gasteiger charge is -2.04. The molecule has 2 heterocycles. The van der Waals surface area contributed by atoms with Gasteiger partial charge in [-0.1, -0.05) is 0 Å². The molecule has 0 unspecified atom stereocenters. The zero-order chi connectivity index (χ0) is 11.2. The monoisotopic (exact) mass is 214 g/mol. The van der Waals surface area contributed by atoms with Crippen molar-refractivity contribution in [2.24, 2.45) is 0 Å². The van der Waals surface area contributed by atoms with Crippen molar-refractivity contribution in [1.82, 2.24) is 14.6 Å². The van der Waals surface area contributed by atoms with Crippen molar-refractivity contribution in [3.05, 3.63) is 24.5 Å². The molecule has 2 aromatic heterocycles. The Hall–Kier alpha value is -2.02. The Morgan fingerprint density at radius 1 is 1.38 bits per heavy atom. The molecule has 0 bridgehead atoms. The number of nitrogens with zero attached hydrogens (tertiary/aromatic N) is 3. The van der Waals surface area contributed by atoms with E-state index in [1.807, 2.05) is 18.3 Å². The van der Waals surface area contributed by atoms with Crippen molar-refractivity contribution in [2.75, 3.05) is 11.9 Å². The number of hydrogen-bond acceptors (Lipinski definition) is 3. The Kier molecular flexibility index (Phi) is 3.39. The average molecular weight is 214 g/mol. The molecule has 0 fully saturated rings. The van der Waals surface area contributed by atoms with E-state index in [1.165, 1.54) is 0 Å². The largest absolute Gasteiger partial charge is 0.370 e. The predicted octanol–water partition coefficient (Wildman–Crippen LogP) is 1.94. The summed E-state index contributed by atoms with van der Waals surface area (Å²) < 4.78 is 1.74. The SMILES string of the molecule is C#CCCCCNc1ccn2nccc2n1. The second-order valence-electron chi connectivity index (χ2n) is 3.53. The maximum absolute atomic E-state index is 5.18. The van der Waals surface area contributed by atoms with Gasteiger partial charge in [-0.05, 0) is 18.9 Å². The van der Waals surface area contributed by atoms with Gasteiger partial charge in [0.15, 0.2) is 5.65 Å². The van der Waals surface area contributed by atoms with E-state index < -0.39 is 0 Å². The molecule has 0 aliphatic rings. The number of hydrogen-bond donors (Lipinski definition) is 1. The Morgan fingerprint density at radius 2 is 2.31 bits per heavy atom. The van der Waals surface area contributed by atoms with Crippen LogP contribution in [-0.4, -0.2) is 21.1 Å². The molecule has 0 amide bonds. The third-order valence-electron chi connectivity index (χ3n) is 2.31. The molecule has 16 heavy (non-hydrogen) atoms. The highest BCUT2D eigenvalue weighted by atomic mass is 15.2. The summed E-state index contributed by atoms with van der Waals surface area (Å²) in [6.45, 7) is 0.902. The molecule has 2 rings (SSSR count). The van der Waals surface area contributed by atoms with Crippen LogP contribution in [0, 0.1) is 12.3 Å². The van der Waals surface area contributed by atoms with E-state index in [9.17, 15) is 0 Å². The molecule has 82 valence electrons. The fourth-order valence-corrected chi connectivity index (χ4v) is 1.48. The molecule has 0 atom stereocenters. The van der Waals surface area contributed by atoms with Gasteiger partial charge in [0.1, 0.15) is 5.82 Å². The fourth-order valence-electron chi connectivity index (χ4n) is 1.48. The first-order valence-corrected chi connectivity index (χ1v) is 5.38. The molecule has 0 radical (unpaired) electrons. The van der Waals surface area contributed by atoms with Crippen molar-refractivity contribution in [2.45, 2.75) is 19.3 Å². The van der Waals surface area contributed by atoms with Gasteiger partial charge >= 0.3 is 0 Å². The van der Waals surface area contributed by atoms with Crippen LogP contribution in [0.5, 0.6) is 0 Å². The first-order valence-electron chi connectivity index (χ1n) is 5.38. The smallest absolute Gasteiger partial charge is 0.157 e. The van der Waals surface area contributed by atoms with Crippen LogP contribution in [0.1, 0.15) is 19.3 Å². The van der Waals surface area contributed by atoms with Gasteiger partial charge in [-0.2, -0.15) is 5.10 Å². The number of anilines is 1. The van der Waals surface area contributed by atoms with Crippen LogP contribution in [0.4, 0.5) is 5.82 Å². The summed E-state index contributed by atoms with van der Waals surface area (Å²) in [5, 5.41) is 7.35. The minimum absolute atomic E-state index is 0.844. The quantitative estimate of drug-likeness (QED) is 0.611. The number of fused-ring (bicyclic) bond motifs is 1. The van der Waals surface area contributed by atoms with Crippen LogP contribution in [0.3, 0.4) is 0 Å². The molecule has 2 aromatic rings. The topological polar surface area (TPSA) is 42.2 Å². The van der Waals surface area contributed by atoms with Crippen molar-refractivity contribution in [1.29, 1.82) is 0 Å². The molecule has 0 spiro atoms. The maximum Gasteiger partial charge on any atom is 0.157 e. The Morgan fingerprint density at radius 3 is 3.19 bits per heavy atom. The summed E-state index contributed by atoms with van der Waals surface area (Å²) in [6, 6.07) is 3.80. The highest BCUT2D eigenvalue weighted by molar-refractivity contribution is 5.45. The van der Waals surface area contributed by atoms with Crippen molar-refractivity contribution in [3.63, 3.8) is 0 Å². The third-order valence-corrected chi connectivity index (χ3v) is 2.31. The highest BCUT2D eigenvalue weighted by Gasteiger charge is 1.97. The molecule has 0 saturated heterocycles. The third kappa shape index (κ3) is 2.51. The molecule has 0 saturated carbocycles. The first-order chi connectivity index (χ1) is 7.90. The van der Waals surface area contributed by atoms with Gasteiger partial charge in [0, 0.05) is 25.2 Å². The van der Waals surface area contributed by atoms with Crippen molar-refractivity contribution >= 4 is 11.5 Å². The van der Waals surface area contributed by atoms with Gasteiger partial charge < -0.3 is 5.32 Å². The highest BCUT2D eigenvalue weighted by Crippen LogP contribution is 2.06. The van der Waals surface area contributed by atoms with E-state index in [0.29, 0.717) is 0 Å². The van der Waals surface area contributed by atoms with Crippen molar-refractivity contribution in [3.8, 4) is 12.3 Å². The average Bonchev–Trinajstić information content (AvgIpc) is 2.76. The number of rotatable bonds is 5. The van der Waals surface area contributed by atoms with Crippen LogP contribution in [0.25, 0.3) is 5.65 Å². The van der Waals surface area contributed by atoms with Crippen LogP contribution in [-0.2, 0) is 0 Å². The second kappa shape index (κ2) is 5.17. The van der Waals surface area contributed by atoms with Gasteiger partial charge in [-0.15, -0.1) is 12.3 Å². The Labute approximate surface area is 94.7 Å². The summed E-state index contributed by atoms with van der Waals surface area (Å²) in [5.41, 5.74) is 0.855. The molecule has 0 aromatic carbocycles. The van der Waals surface area contributed by atoms with Gasteiger partial charge in [-0.25, -0.2) is 9.50 Å². The maximum atomic E-state index is 5.18. The molecule has 4 nitrogen and oxygen atoms in total. The van der Waals surface area contributed by atoms with Gasteiger partial charge in [0.2, 0.25) is 0 Å². The normalized spacial score (nSPS) is 10.2. The van der Waals surface area contributed by atoms with Crippen molar-refractivity contribution < 1.29 is 0 Å². The molecule has 0 aliphatic carbocycles. The minimum Gasteiger partial charge on any atom is -0.370 e. The summed E-state index contributed by atoms with van der Waals surface area (Å²) in [4.78, 5) is 4.40. The van der Waals surface area contributed by atoms with Crippen LogP contribution in [0.15, 0.2) is 24.5 Å². The summed E-state index contributed by atoms with van der Waals surface area (Å²) >= 11 is 0. The number of nitrogens with one attached hydrogen (secondary N) is 1. The second-order valence-corrected chi connectivity index (χ2v) is 3.53. The summed E-state index contributed by atoms with van der Waals surface area (Å²) in [7, 11) is 0. The van der Waals surface area contributed by atoms with Crippen LogP contribution >= 0.6 is 0 Å². The summed E-state index contributed by atoms with van der Waals surface area (Å²) in [6.07, 6.45) is 11.8. The van der Waals surface area contributed by atoms with E-state index in [1.54, 1.807) is 10.7 Å². The predicted molar refractivity (Wildman–Crippen MR) is 64.2 cm³/mol. The number of terminal acetylenes is 1. The molecule has 4 heteroatoms. The number of unbranched alkanes of at least 4 members (excludes halogenated alkanes) is 2. The molecule has 0 aliphatic heterocycles. The lowest BCUT2D eigenvalue weighted by atomic mass is 10.2. The lowest BCUT2D eigenvalue weighted by molar-refractivity contribution is 0.787. The van der Waals surface area contributed by atoms with Gasteiger partial charge in [0.05, 0.1) is 6.20 Å². The zero-order valence-corrected chi connectivity index (χ0v) is 9.06. The Balaban J connectivity index is 1.87. The zero-order valence-electron chi connectivity index (χ0n) is 9.06. The van der Waals surface area contributed by atoms with E-state index in [-0.39, 0.29) is 0 Å². The molecule has 1 N–H and O–H groups in total. The van der Waals surface area contributed by atoms with Crippen LogP contribution < -0.4 is 5.32 Å². The van der Waals surface area contributed by atoms with E-state index in [4.69, 9.17) is 6.42 Å². The fraction of sp³-hybridized carbons (Fsp3) is 0.333. The molecular weight excluding hydrogens is 200 g/mol. The standard InChI is InChI=1S/C12H14N4/c1-2-3-4-5-8-13-11-7-10-16-12(15-11)6-9-14-16/h1,6-7,9-10H,3-5,8H2,(H,13,15). The van der Waals surface area contributed by atoms with E-state index in [0.717, 1.165) is 37.3 Å². The lowest BCUT2D eigenvalue weighted by Crippen LogP contribution is -2.04. The minimum atomic E-state index is 0.844.